The second-order valence-electron chi connectivity index (χ2n) is 3.74. The van der Waals surface area contributed by atoms with Gasteiger partial charge in [-0.05, 0) is 7.05 Å². The Hall–Kier alpha value is -1.10. The lowest BCUT2D eigenvalue weighted by atomic mass is 10.2. The molecule has 0 aliphatic carbocycles. The van der Waals surface area contributed by atoms with E-state index in [1.807, 2.05) is 18.0 Å². The van der Waals surface area contributed by atoms with Gasteiger partial charge in [0.1, 0.15) is 6.26 Å². The lowest BCUT2D eigenvalue weighted by Gasteiger charge is -2.16. The molecule has 0 unspecified atom stereocenters. The summed E-state index contributed by atoms with van der Waals surface area (Å²) < 4.78 is 4.77. The van der Waals surface area contributed by atoms with Gasteiger partial charge in [-0.1, -0.05) is 28.4 Å². The van der Waals surface area contributed by atoms with Crippen molar-refractivity contribution in [3.05, 3.63) is 46.0 Å². The first kappa shape index (κ1) is 12.4. The molecule has 0 amide bonds. The van der Waals surface area contributed by atoms with Crippen LogP contribution in [-0.2, 0) is 13.1 Å². The molecule has 0 bridgehead atoms. The van der Waals surface area contributed by atoms with E-state index >= 15 is 0 Å². The molecule has 0 radical (unpaired) electrons. The highest BCUT2D eigenvalue weighted by molar-refractivity contribution is 6.35. The van der Waals surface area contributed by atoms with E-state index in [2.05, 4.69) is 10.1 Å². The van der Waals surface area contributed by atoms with Crippen LogP contribution in [0.25, 0.3) is 0 Å². The number of hydrogen-bond acceptors (Lipinski definition) is 4. The number of hydrogen-bond donors (Lipinski definition) is 0. The largest absolute Gasteiger partial charge is 0.364 e. The Kier molecular flexibility index (Phi) is 3.99. The fourth-order valence-electron chi connectivity index (χ4n) is 1.51. The average Bonchev–Trinajstić information content (AvgIpc) is 2.76. The zero-order valence-electron chi connectivity index (χ0n) is 9.23. The quantitative estimate of drug-likeness (QED) is 0.858. The van der Waals surface area contributed by atoms with Gasteiger partial charge in [-0.2, -0.15) is 0 Å². The highest BCUT2D eigenvalue weighted by atomic mass is 35.5. The fraction of sp³-hybridized carbons (Fsp3) is 0.273. The molecule has 0 aromatic carbocycles. The van der Waals surface area contributed by atoms with Crippen LogP contribution in [0, 0.1) is 0 Å². The number of rotatable bonds is 4. The van der Waals surface area contributed by atoms with Crippen LogP contribution in [0.1, 0.15) is 11.3 Å². The first-order valence-electron chi connectivity index (χ1n) is 5.02. The molecular formula is C11H11Cl2N3O. The lowest BCUT2D eigenvalue weighted by Crippen LogP contribution is -2.18. The maximum Gasteiger partial charge on any atom is 0.124 e. The summed E-state index contributed by atoms with van der Waals surface area (Å²) in [7, 11) is 1.96. The van der Waals surface area contributed by atoms with Crippen LogP contribution >= 0.6 is 23.2 Å². The third-order valence-electron chi connectivity index (χ3n) is 2.30. The third kappa shape index (κ3) is 3.19. The molecule has 2 rings (SSSR count). The molecule has 0 fully saturated rings. The van der Waals surface area contributed by atoms with Crippen molar-refractivity contribution in [3.8, 4) is 0 Å². The lowest BCUT2D eigenvalue weighted by molar-refractivity contribution is 0.303. The Labute approximate surface area is 109 Å². The summed E-state index contributed by atoms with van der Waals surface area (Å²) >= 11 is 12.1. The normalized spacial score (nSPS) is 11.1. The van der Waals surface area contributed by atoms with Crippen molar-refractivity contribution >= 4 is 23.2 Å². The molecule has 6 heteroatoms. The van der Waals surface area contributed by atoms with Gasteiger partial charge in [0, 0.05) is 37.1 Å². The molecule has 0 atom stereocenters. The first-order valence-corrected chi connectivity index (χ1v) is 5.78. The summed E-state index contributed by atoms with van der Waals surface area (Å²) in [5, 5.41) is 4.99. The van der Waals surface area contributed by atoms with Crippen LogP contribution in [-0.4, -0.2) is 22.1 Å². The molecule has 90 valence electrons. The highest BCUT2D eigenvalue weighted by Crippen LogP contribution is 2.24. The minimum absolute atomic E-state index is 0.574. The van der Waals surface area contributed by atoms with Crippen LogP contribution in [0.4, 0.5) is 0 Å². The van der Waals surface area contributed by atoms with Crippen LogP contribution in [0.3, 0.4) is 0 Å². The Balaban J connectivity index is 2.05. The van der Waals surface area contributed by atoms with E-state index in [9.17, 15) is 0 Å². The molecule has 2 heterocycles. The van der Waals surface area contributed by atoms with E-state index in [4.69, 9.17) is 27.7 Å². The van der Waals surface area contributed by atoms with E-state index in [0.29, 0.717) is 23.1 Å². The minimum atomic E-state index is 0.574. The Morgan fingerprint density at radius 2 is 1.94 bits per heavy atom. The van der Waals surface area contributed by atoms with Crippen LogP contribution in [0.15, 0.2) is 29.2 Å². The van der Waals surface area contributed by atoms with Crippen LogP contribution in [0.2, 0.25) is 10.0 Å². The van der Waals surface area contributed by atoms with Gasteiger partial charge in [0.25, 0.3) is 0 Å². The number of nitrogens with zero attached hydrogens (tertiary/aromatic N) is 3. The summed E-state index contributed by atoms with van der Waals surface area (Å²) in [6.07, 6.45) is 4.73. The van der Waals surface area contributed by atoms with E-state index in [0.717, 1.165) is 11.3 Å². The van der Waals surface area contributed by atoms with Crippen molar-refractivity contribution in [2.24, 2.45) is 0 Å². The van der Waals surface area contributed by atoms with E-state index < -0.39 is 0 Å². The molecule has 4 nitrogen and oxygen atoms in total. The molecule has 0 aliphatic rings. The molecular weight excluding hydrogens is 261 g/mol. The zero-order chi connectivity index (χ0) is 12.3. The SMILES string of the molecule is CN(Cc1ccon1)Cc1c(Cl)cncc1Cl. The van der Waals surface area contributed by atoms with Crippen molar-refractivity contribution < 1.29 is 4.52 Å². The molecule has 0 saturated carbocycles. The van der Waals surface area contributed by atoms with E-state index in [1.165, 1.54) is 0 Å². The maximum atomic E-state index is 6.05. The zero-order valence-corrected chi connectivity index (χ0v) is 10.7. The minimum Gasteiger partial charge on any atom is -0.364 e. The number of aromatic nitrogens is 2. The third-order valence-corrected chi connectivity index (χ3v) is 2.95. The molecule has 0 saturated heterocycles. The smallest absolute Gasteiger partial charge is 0.124 e. The Morgan fingerprint density at radius 3 is 2.53 bits per heavy atom. The van der Waals surface area contributed by atoms with Crippen LogP contribution in [0.5, 0.6) is 0 Å². The molecule has 2 aromatic heterocycles. The Bertz CT molecular complexity index is 467. The van der Waals surface area contributed by atoms with Crippen molar-refractivity contribution in [2.45, 2.75) is 13.1 Å². The van der Waals surface area contributed by atoms with Crippen molar-refractivity contribution in [1.82, 2.24) is 15.0 Å². The summed E-state index contributed by atoms with van der Waals surface area (Å²) in [6.45, 7) is 1.30. The Morgan fingerprint density at radius 1 is 1.24 bits per heavy atom. The molecule has 17 heavy (non-hydrogen) atoms. The molecule has 0 aliphatic heterocycles. The second-order valence-corrected chi connectivity index (χ2v) is 4.56. The van der Waals surface area contributed by atoms with Gasteiger partial charge in [-0.25, -0.2) is 0 Å². The monoisotopic (exact) mass is 271 g/mol. The summed E-state index contributed by atoms with van der Waals surface area (Å²) in [4.78, 5) is 5.96. The van der Waals surface area contributed by atoms with Crippen molar-refractivity contribution in [3.63, 3.8) is 0 Å². The second kappa shape index (κ2) is 5.49. The van der Waals surface area contributed by atoms with Crippen LogP contribution < -0.4 is 0 Å². The topological polar surface area (TPSA) is 42.2 Å². The molecule has 0 N–H and O–H groups in total. The molecule has 2 aromatic rings. The van der Waals surface area contributed by atoms with Gasteiger partial charge in [0.15, 0.2) is 0 Å². The molecule has 0 spiro atoms. The highest BCUT2D eigenvalue weighted by Gasteiger charge is 2.10. The van der Waals surface area contributed by atoms with E-state index in [1.54, 1.807) is 18.7 Å². The predicted octanol–water partition coefficient (Wildman–Crippen LogP) is 3.01. The number of halogens is 2. The fourth-order valence-corrected chi connectivity index (χ4v) is 1.99. The average molecular weight is 272 g/mol. The van der Waals surface area contributed by atoms with Gasteiger partial charge in [-0.3, -0.25) is 9.88 Å². The van der Waals surface area contributed by atoms with E-state index in [-0.39, 0.29) is 0 Å². The van der Waals surface area contributed by atoms with Crippen molar-refractivity contribution in [1.29, 1.82) is 0 Å². The van der Waals surface area contributed by atoms with Gasteiger partial charge in [0.05, 0.1) is 15.7 Å². The van der Waals surface area contributed by atoms with Gasteiger partial charge in [-0.15, -0.1) is 0 Å². The summed E-state index contributed by atoms with van der Waals surface area (Å²) in [5.41, 5.74) is 1.74. The van der Waals surface area contributed by atoms with Gasteiger partial charge in [0.2, 0.25) is 0 Å². The van der Waals surface area contributed by atoms with Gasteiger partial charge >= 0.3 is 0 Å². The number of pyridine rings is 1. The first-order chi connectivity index (χ1) is 8.16. The predicted molar refractivity (Wildman–Crippen MR) is 65.9 cm³/mol. The maximum absolute atomic E-state index is 6.05. The van der Waals surface area contributed by atoms with Crippen molar-refractivity contribution in [2.75, 3.05) is 7.05 Å². The standard InChI is InChI=1S/C11H11Cl2N3O/c1-16(6-8-2-3-17-15-8)7-9-10(12)4-14-5-11(9)13/h2-5H,6-7H2,1H3. The summed E-state index contributed by atoms with van der Waals surface area (Å²) in [6, 6.07) is 1.83. The van der Waals surface area contributed by atoms with Gasteiger partial charge < -0.3 is 4.52 Å². The summed E-state index contributed by atoms with van der Waals surface area (Å²) in [5.74, 6) is 0.